The highest BCUT2D eigenvalue weighted by Gasteiger charge is 2.33. The molecule has 1 heterocycles. The molecule has 2 aromatic carbocycles. The molecule has 0 bridgehead atoms. The van der Waals surface area contributed by atoms with E-state index in [2.05, 4.69) is 17.4 Å². The van der Waals surface area contributed by atoms with E-state index in [-0.39, 0.29) is 30.2 Å². The highest BCUT2D eigenvalue weighted by atomic mass is 35.5. The van der Waals surface area contributed by atoms with Gasteiger partial charge in [0.15, 0.2) is 0 Å². The molecule has 1 amide bonds. The van der Waals surface area contributed by atoms with E-state index in [0.717, 1.165) is 19.3 Å². The maximum absolute atomic E-state index is 13.0. The summed E-state index contributed by atoms with van der Waals surface area (Å²) >= 11 is 5.89. The smallest absolute Gasteiger partial charge is 0.224 e. The molecule has 7 heteroatoms. The van der Waals surface area contributed by atoms with Crippen molar-refractivity contribution in [2.45, 2.75) is 43.9 Å². The van der Waals surface area contributed by atoms with Crippen LogP contribution in [0.25, 0.3) is 0 Å². The van der Waals surface area contributed by atoms with Crippen LogP contribution in [-0.2, 0) is 27.0 Å². The van der Waals surface area contributed by atoms with Crippen LogP contribution in [0, 0.1) is 5.92 Å². The SMILES string of the molecule is O=C(N[C@H]1CCCc2ccccc21)[C@H]1CCCN(S(=O)(=O)Cc2ccc(Cl)cc2)C1. The first-order valence-electron chi connectivity index (χ1n) is 10.5. The molecule has 4 rings (SSSR count). The molecule has 0 aromatic heterocycles. The fourth-order valence-corrected chi connectivity index (χ4v) is 6.22. The first-order chi connectivity index (χ1) is 14.4. The molecule has 160 valence electrons. The van der Waals surface area contributed by atoms with Gasteiger partial charge in [0.05, 0.1) is 17.7 Å². The van der Waals surface area contributed by atoms with Crippen molar-refractivity contribution in [1.29, 1.82) is 0 Å². The minimum Gasteiger partial charge on any atom is -0.349 e. The van der Waals surface area contributed by atoms with Crippen LogP contribution < -0.4 is 5.32 Å². The number of nitrogens with zero attached hydrogens (tertiary/aromatic N) is 1. The molecule has 1 fully saturated rings. The number of sulfonamides is 1. The summed E-state index contributed by atoms with van der Waals surface area (Å²) in [6.45, 7) is 0.710. The largest absolute Gasteiger partial charge is 0.349 e. The van der Waals surface area contributed by atoms with Gasteiger partial charge in [0.2, 0.25) is 15.9 Å². The number of benzene rings is 2. The van der Waals surface area contributed by atoms with Gasteiger partial charge in [0, 0.05) is 18.1 Å². The van der Waals surface area contributed by atoms with E-state index in [0.29, 0.717) is 30.0 Å². The van der Waals surface area contributed by atoms with E-state index in [4.69, 9.17) is 11.6 Å². The third-order valence-electron chi connectivity index (χ3n) is 6.10. The lowest BCUT2D eigenvalue weighted by atomic mass is 9.87. The van der Waals surface area contributed by atoms with Crippen LogP contribution in [-0.4, -0.2) is 31.7 Å². The molecular formula is C23H27ClN2O3S. The van der Waals surface area contributed by atoms with Crippen LogP contribution in [0.3, 0.4) is 0 Å². The number of hydrogen-bond donors (Lipinski definition) is 1. The molecule has 2 aliphatic rings. The van der Waals surface area contributed by atoms with Crippen molar-refractivity contribution in [2.75, 3.05) is 13.1 Å². The van der Waals surface area contributed by atoms with Crippen LogP contribution >= 0.6 is 11.6 Å². The van der Waals surface area contributed by atoms with Crippen molar-refractivity contribution in [3.63, 3.8) is 0 Å². The zero-order valence-electron chi connectivity index (χ0n) is 16.9. The minimum atomic E-state index is -3.49. The fraction of sp³-hybridized carbons (Fsp3) is 0.435. The van der Waals surface area contributed by atoms with Gasteiger partial charge in [0.25, 0.3) is 0 Å². The number of nitrogens with one attached hydrogen (secondary N) is 1. The predicted octanol–water partition coefficient (Wildman–Crippen LogP) is 4.08. The quantitative estimate of drug-likeness (QED) is 0.752. The maximum Gasteiger partial charge on any atom is 0.224 e. The van der Waals surface area contributed by atoms with Gasteiger partial charge in [0.1, 0.15) is 0 Å². The lowest BCUT2D eigenvalue weighted by Gasteiger charge is -2.33. The summed E-state index contributed by atoms with van der Waals surface area (Å²) in [5.41, 5.74) is 3.19. The predicted molar refractivity (Wildman–Crippen MR) is 119 cm³/mol. The Morgan fingerprint density at radius 2 is 1.83 bits per heavy atom. The number of hydrogen-bond acceptors (Lipinski definition) is 3. The van der Waals surface area contributed by atoms with Crippen molar-refractivity contribution in [2.24, 2.45) is 5.92 Å². The maximum atomic E-state index is 13.0. The topological polar surface area (TPSA) is 66.5 Å². The number of rotatable bonds is 5. The van der Waals surface area contributed by atoms with E-state index >= 15 is 0 Å². The van der Waals surface area contributed by atoms with Gasteiger partial charge < -0.3 is 5.32 Å². The van der Waals surface area contributed by atoms with Gasteiger partial charge in [-0.2, -0.15) is 0 Å². The van der Waals surface area contributed by atoms with E-state index in [9.17, 15) is 13.2 Å². The van der Waals surface area contributed by atoms with Crippen molar-refractivity contribution >= 4 is 27.5 Å². The molecule has 30 heavy (non-hydrogen) atoms. The van der Waals surface area contributed by atoms with Crippen LogP contribution in [0.5, 0.6) is 0 Å². The van der Waals surface area contributed by atoms with Gasteiger partial charge >= 0.3 is 0 Å². The van der Waals surface area contributed by atoms with Crippen molar-refractivity contribution in [3.8, 4) is 0 Å². The van der Waals surface area contributed by atoms with E-state index in [1.54, 1.807) is 24.3 Å². The third-order valence-corrected chi connectivity index (χ3v) is 8.17. The van der Waals surface area contributed by atoms with Crippen molar-refractivity contribution in [1.82, 2.24) is 9.62 Å². The summed E-state index contributed by atoms with van der Waals surface area (Å²) in [4.78, 5) is 13.0. The molecule has 0 unspecified atom stereocenters. The van der Waals surface area contributed by atoms with Crippen LogP contribution in [0.1, 0.15) is 48.4 Å². The Hall–Kier alpha value is -1.89. The monoisotopic (exact) mass is 446 g/mol. The third kappa shape index (κ3) is 4.88. The molecule has 1 saturated heterocycles. The number of carbonyl (C=O) groups excluding carboxylic acids is 1. The van der Waals surface area contributed by atoms with Crippen LogP contribution in [0.15, 0.2) is 48.5 Å². The van der Waals surface area contributed by atoms with E-state index in [1.807, 2.05) is 12.1 Å². The van der Waals surface area contributed by atoms with Crippen molar-refractivity contribution < 1.29 is 13.2 Å². The summed E-state index contributed by atoms with van der Waals surface area (Å²) in [6, 6.07) is 15.1. The summed E-state index contributed by atoms with van der Waals surface area (Å²) in [7, 11) is -3.49. The molecule has 5 nitrogen and oxygen atoms in total. The van der Waals surface area contributed by atoms with Gasteiger partial charge in [-0.3, -0.25) is 4.79 Å². The number of fused-ring (bicyclic) bond motifs is 1. The Kier molecular flexibility index (Phi) is 6.46. The lowest BCUT2D eigenvalue weighted by Crippen LogP contribution is -2.46. The second-order valence-electron chi connectivity index (χ2n) is 8.23. The first kappa shape index (κ1) is 21.3. The number of piperidine rings is 1. The molecule has 0 saturated carbocycles. The second-order valence-corrected chi connectivity index (χ2v) is 10.6. The molecule has 1 aliphatic heterocycles. The lowest BCUT2D eigenvalue weighted by molar-refractivity contribution is -0.127. The van der Waals surface area contributed by atoms with Crippen LogP contribution in [0.4, 0.5) is 0 Å². The number of halogens is 1. The molecule has 2 atom stereocenters. The molecule has 0 radical (unpaired) electrons. The Morgan fingerprint density at radius 1 is 1.07 bits per heavy atom. The molecule has 2 aromatic rings. The van der Waals surface area contributed by atoms with Crippen LogP contribution in [0.2, 0.25) is 5.02 Å². The first-order valence-corrected chi connectivity index (χ1v) is 12.5. The molecular weight excluding hydrogens is 420 g/mol. The Labute approximate surface area is 183 Å². The Bertz CT molecular complexity index is 1010. The van der Waals surface area contributed by atoms with Gasteiger partial charge in [-0.25, -0.2) is 12.7 Å². The zero-order valence-corrected chi connectivity index (χ0v) is 18.5. The van der Waals surface area contributed by atoms with Gasteiger partial charge in [-0.05, 0) is 60.9 Å². The highest BCUT2D eigenvalue weighted by Crippen LogP contribution is 2.30. The molecule has 0 spiro atoms. The number of carbonyl (C=O) groups is 1. The highest BCUT2D eigenvalue weighted by molar-refractivity contribution is 7.88. The zero-order chi connectivity index (χ0) is 21.1. The minimum absolute atomic E-state index is 0.0171. The average Bonchev–Trinajstić information content (AvgIpc) is 2.75. The standard InChI is InChI=1S/C23H27ClN2O3S/c24-20-12-10-17(11-13-20)16-30(28,29)26-14-4-7-19(15-26)23(27)25-22-9-3-6-18-5-1-2-8-21(18)22/h1-2,5,8,10-13,19,22H,3-4,6-7,9,14-16H2,(H,25,27)/t19-,22-/m0/s1. The van der Waals surface area contributed by atoms with Gasteiger partial charge in [-0.15, -0.1) is 0 Å². The van der Waals surface area contributed by atoms with Gasteiger partial charge in [-0.1, -0.05) is 48.0 Å². The Morgan fingerprint density at radius 3 is 2.63 bits per heavy atom. The summed E-state index contributed by atoms with van der Waals surface area (Å²) in [5.74, 6) is -0.426. The fourth-order valence-electron chi connectivity index (χ4n) is 4.49. The average molecular weight is 447 g/mol. The second kappa shape index (κ2) is 9.08. The molecule has 1 N–H and O–H groups in total. The van der Waals surface area contributed by atoms with E-state index in [1.165, 1.54) is 15.4 Å². The number of amides is 1. The summed E-state index contributed by atoms with van der Waals surface area (Å²) in [6.07, 6.45) is 4.43. The van der Waals surface area contributed by atoms with Crippen molar-refractivity contribution in [3.05, 3.63) is 70.2 Å². The van der Waals surface area contributed by atoms with E-state index < -0.39 is 10.0 Å². The summed E-state index contributed by atoms with van der Waals surface area (Å²) in [5, 5.41) is 3.78. The Balaban J connectivity index is 1.41. The molecule has 1 aliphatic carbocycles. The normalized spacial score (nSPS) is 22.3. The summed E-state index contributed by atoms with van der Waals surface area (Å²) < 4.78 is 27.3. The number of aryl methyl sites for hydroxylation is 1.